The molecular formula is C16H26FNO. The van der Waals surface area contributed by atoms with Crippen LogP contribution in [0.2, 0.25) is 0 Å². The van der Waals surface area contributed by atoms with E-state index in [-0.39, 0.29) is 11.9 Å². The second kappa shape index (κ2) is 9.05. The lowest BCUT2D eigenvalue weighted by Gasteiger charge is -2.20. The highest BCUT2D eigenvalue weighted by Gasteiger charge is 2.11. The summed E-state index contributed by atoms with van der Waals surface area (Å²) in [6.07, 6.45) is 4.32. The molecule has 1 aromatic rings. The van der Waals surface area contributed by atoms with Crippen molar-refractivity contribution in [2.75, 3.05) is 13.7 Å². The quantitative estimate of drug-likeness (QED) is 0.739. The van der Waals surface area contributed by atoms with Crippen molar-refractivity contribution < 1.29 is 9.13 Å². The fraction of sp³-hybridized carbons (Fsp3) is 0.625. The zero-order valence-corrected chi connectivity index (χ0v) is 12.3. The molecule has 2 atom stereocenters. The minimum absolute atomic E-state index is 0.156. The highest BCUT2D eigenvalue weighted by molar-refractivity contribution is 5.17. The van der Waals surface area contributed by atoms with Gasteiger partial charge in [-0.15, -0.1) is 0 Å². The van der Waals surface area contributed by atoms with E-state index >= 15 is 0 Å². The molecule has 108 valence electrons. The molecule has 2 unspecified atom stereocenters. The summed E-state index contributed by atoms with van der Waals surface area (Å²) in [6, 6.07) is 7.27. The molecule has 0 heterocycles. The first-order chi connectivity index (χ1) is 9.15. The first kappa shape index (κ1) is 16.1. The van der Waals surface area contributed by atoms with Crippen LogP contribution in [0.25, 0.3) is 0 Å². The first-order valence-corrected chi connectivity index (χ1v) is 7.16. The number of benzene rings is 1. The number of halogens is 1. The molecule has 0 saturated carbocycles. The monoisotopic (exact) mass is 267 g/mol. The van der Waals surface area contributed by atoms with Gasteiger partial charge in [-0.1, -0.05) is 19.1 Å². The van der Waals surface area contributed by atoms with Crippen molar-refractivity contribution in [1.82, 2.24) is 5.32 Å². The van der Waals surface area contributed by atoms with Crippen LogP contribution in [-0.4, -0.2) is 25.8 Å². The molecule has 0 aliphatic rings. The molecule has 19 heavy (non-hydrogen) atoms. The highest BCUT2D eigenvalue weighted by atomic mass is 19.1. The predicted octanol–water partition coefficient (Wildman–Crippen LogP) is 3.55. The zero-order valence-electron chi connectivity index (χ0n) is 12.3. The van der Waals surface area contributed by atoms with Gasteiger partial charge >= 0.3 is 0 Å². The minimum atomic E-state index is -0.156. The lowest BCUT2D eigenvalue weighted by molar-refractivity contribution is 0.106. The van der Waals surface area contributed by atoms with E-state index in [0.29, 0.717) is 6.04 Å². The molecule has 1 rings (SSSR count). The molecular weight excluding hydrogens is 241 g/mol. The van der Waals surface area contributed by atoms with Crippen LogP contribution in [0.1, 0.15) is 38.7 Å². The maximum absolute atomic E-state index is 13.2. The Morgan fingerprint density at radius 1 is 1.32 bits per heavy atom. The van der Waals surface area contributed by atoms with Gasteiger partial charge in [0, 0.05) is 13.2 Å². The molecule has 2 nitrogen and oxygen atoms in total. The van der Waals surface area contributed by atoms with Crippen molar-refractivity contribution in [2.24, 2.45) is 0 Å². The molecule has 0 amide bonds. The molecule has 3 heteroatoms. The molecule has 0 aliphatic heterocycles. The van der Waals surface area contributed by atoms with Gasteiger partial charge < -0.3 is 10.1 Å². The van der Waals surface area contributed by atoms with Gasteiger partial charge in [-0.2, -0.15) is 0 Å². The average molecular weight is 267 g/mol. The average Bonchev–Trinajstić information content (AvgIpc) is 2.41. The number of nitrogens with one attached hydrogen (secondary N) is 1. The van der Waals surface area contributed by atoms with E-state index in [1.54, 1.807) is 19.2 Å². The SMILES string of the molecule is CCCNC(CCC(C)OC)Cc1cccc(F)c1. The lowest BCUT2D eigenvalue weighted by atomic mass is 10.00. The van der Waals surface area contributed by atoms with Crippen LogP contribution in [0.3, 0.4) is 0 Å². The molecule has 0 fully saturated rings. The van der Waals surface area contributed by atoms with E-state index < -0.39 is 0 Å². The third-order valence-electron chi connectivity index (χ3n) is 3.38. The van der Waals surface area contributed by atoms with Crippen molar-refractivity contribution in [3.05, 3.63) is 35.6 Å². The number of rotatable bonds is 9. The van der Waals surface area contributed by atoms with Crippen LogP contribution in [-0.2, 0) is 11.2 Å². The molecule has 0 saturated heterocycles. The van der Waals surface area contributed by atoms with Crippen LogP contribution in [0.5, 0.6) is 0 Å². The van der Waals surface area contributed by atoms with E-state index in [1.807, 2.05) is 6.07 Å². The fourth-order valence-electron chi connectivity index (χ4n) is 2.13. The standard InChI is InChI=1S/C16H26FNO/c1-4-10-18-16(9-8-13(2)19-3)12-14-6-5-7-15(17)11-14/h5-7,11,13,16,18H,4,8-10,12H2,1-3H3. The third kappa shape index (κ3) is 6.69. The molecule has 0 spiro atoms. The smallest absolute Gasteiger partial charge is 0.123 e. The van der Waals surface area contributed by atoms with Gasteiger partial charge in [0.25, 0.3) is 0 Å². The van der Waals surface area contributed by atoms with Crippen LogP contribution in [0, 0.1) is 5.82 Å². The summed E-state index contributed by atoms with van der Waals surface area (Å²) in [4.78, 5) is 0. The van der Waals surface area contributed by atoms with E-state index in [9.17, 15) is 4.39 Å². The highest BCUT2D eigenvalue weighted by Crippen LogP contribution is 2.11. The molecule has 0 bridgehead atoms. The summed E-state index contributed by atoms with van der Waals surface area (Å²) in [7, 11) is 1.74. The van der Waals surface area contributed by atoms with E-state index in [2.05, 4.69) is 19.2 Å². The maximum Gasteiger partial charge on any atom is 0.123 e. The van der Waals surface area contributed by atoms with Crippen molar-refractivity contribution in [3.8, 4) is 0 Å². The third-order valence-corrected chi connectivity index (χ3v) is 3.38. The Hall–Kier alpha value is -0.930. The van der Waals surface area contributed by atoms with Crippen molar-refractivity contribution >= 4 is 0 Å². The number of methoxy groups -OCH3 is 1. The number of ether oxygens (including phenoxy) is 1. The van der Waals surface area contributed by atoms with Crippen molar-refractivity contribution in [1.29, 1.82) is 0 Å². The van der Waals surface area contributed by atoms with E-state index in [4.69, 9.17) is 4.74 Å². The number of hydrogen-bond acceptors (Lipinski definition) is 2. The predicted molar refractivity (Wildman–Crippen MR) is 77.9 cm³/mol. The summed E-state index contributed by atoms with van der Waals surface area (Å²) in [5, 5.41) is 3.54. The van der Waals surface area contributed by atoms with Crippen LogP contribution in [0.15, 0.2) is 24.3 Å². The Morgan fingerprint density at radius 2 is 2.11 bits per heavy atom. The van der Waals surface area contributed by atoms with Gasteiger partial charge in [-0.05, 0) is 56.8 Å². The minimum Gasteiger partial charge on any atom is -0.382 e. The Balaban J connectivity index is 2.53. The van der Waals surface area contributed by atoms with Gasteiger partial charge in [-0.25, -0.2) is 4.39 Å². The van der Waals surface area contributed by atoms with Gasteiger partial charge in [0.2, 0.25) is 0 Å². The molecule has 0 aliphatic carbocycles. The second-order valence-electron chi connectivity index (χ2n) is 5.11. The van der Waals surface area contributed by atoms with Crippen LogP contribution >= 0.6 is 0 Å². The van der Waals surface area contributed by atoms with Gasteiger partial charge in [-0.3, -0.25) is 0 Å². The topological polar surface area (TPSA) is 21.3 Å². The molecule has 0 aromatic heterocycles. The summed E-state index contributed by atoms with van der Waals surface area (Å²) in [6.45, 7) is 5.24. The summed E-state index contributed by atoms with van der Waals surface area (Å²) in [5.74, 6) is -0.156. The Kier molecular flexibility index (Phi) is 7.68. The molecule has 1 N–H and O–H groups in total. The van der Waals surface area contributed by atoms with Crippen LogP contribution < -0.4 is 5.32 Å². The van der Waals surface area contributed by atoms with Crippen molar-refractivity contribution in [3.63, 3.8) is 0 Å². The van der Waals surface area contributed by atoms with Crippen LogP contribution in [0.4, 0.5) is 4.39 Å². The summed E-state index contributed by atoms with van der Waals surface area (Å²) < 4.78 is 18.5. The zero-order chi connectivity index (χ0) is 14.1. The Bertz CT molecular complexity index is 356. The van der Waals surface area contributed by atoms with E-state index in [0.717, 1.165) is 37.8 Å². The van der Waals surface area contributed by atoms with Gasteiger partial charge in [0.05, 0.1) is 6.10 Å². The number of hydrogen-bond donors (Lipinski definition) is 1. The first-order valence-electron chi connectivity index (χ1n) is 7.16. The Morgan fingerprint density at radius 3 is 2.74 bits per heavy atom. The largest absolute Gasteiger partial charge is 0.382 e. The fourth-order valence-corrected chi connectivity index (χ4v) is 2.13. The summed E-state index contributed by atoms with van der Waals surface area (Å²) >= 11 is 0. The summed E-state index contributed by atoms with van der Waals surface area (Å²) in [5.41, 5.74) is 1.05. The maximum atomic E-state index is 13.2. The van der Waals surface area contributed by atoms with E-state index in [1.165, 1.54) is 6.07 Å². The lowest BCUT2D eigenvalue weighted by Crippen LogP contribution is -2.32. The molecule has 0 radical (unpaired) electrons. The normalized spacial score (nSPS) is 14.3. The molecule has 1 aromatic carbocycles. The second-order valence-corrected chi connectivity index (χ2v) is 5.11. The van der Waals surface area contributed by atoms with Gasteiger partial charge in [0.15, 0.2) is 0 Å². The van der Waals surface area contributed by atoms with Crippen molar-refractivity contribution in [2.45, 2.75) is 51.7 Å². The van der Waals surface area contributed by atoms with Gasteiger partial charge in [0.1, 0.15) is 5.82 Å². The Labute approximate surface area is 116 Å².